The van der Waals surface area contributed by atoms with Crippen molar-refractivity contribution in [2.45, 2.75) is 23.9 Å². The van der Waals surface area contributed by atoms with Crippen LogP contribution in [0.25, 0.3) is 0 Å². The van der Waals surface area contributed by atoms with Gasteiger partial charge >= 0.3 is 0 Å². The zero-order chi connectivity index (χ0) is 13.9. The van der Waals surface area contributed by atoms with Gasteiger partial charge in [-0.15, -0.1) is 0 Å². The topological polar surface area (TPSA) is 121 Å². The van der Waals surface area contributed by atoms with Gasteiger partial charge in [0.1, 0.15) is 0 Å². The zero-order valence-electron chi connectivity index (χ0n) is 10.4. The molecule has 0 aromatic carbocycles. The fourth-order valence-electron chi connectivity index (χ4n) is 2.16. The molecule has 19 heavy (non-hydrogen) atoms. The number of amides is 1. The average Bonchev–Trinajstić information content (AvgIpc) is 2.91. The minimum absolute atomic E-state index is 0.0284. The number of carbonyl (C=O) groups is 1. The summed E-state index contributed by atoms with van der Waals surface area (Å²) in [6, 6.07) is 1.09. The van der Waals surface area contributed by atoms with E-state index in [0.717, 1.165) is 17.3 Å². The lowest BCUT2D eigenvalue weighted by atomic mass is 10.1. The molecule has 0 aliphatic carbocycles. The van der Waals surface area contributed by atoms with Gasteiger partial charge in [-0.25, -0.2) is 8.42 Å². The molecule has 2 rings (SSSR count). The van der Waals surface area contributed by atoms with Crippen molar-refractivity contribution in [1.29, 1.82) is 0 Å². The number of nitrogens with two attached hydrogens (primary N) is 1. The molecular formula is C10H17N5O3S. The fourth-order valence-corrected chi connectivity index (χ4v) is 3.68. The minimum atomic E-state index is -3.78. The first-order chi connectivity index (χ1) is 9.01. The Kier molecular flexibility index (Phi) is 4.17. The van der Waals surface area contributed by atoms with E-state index >= 15 is 0 Å². The SMILES string of the molecule is NC(=O)CN(C1CCCNC1)S(=O)(=O)c1ccn[nH]1. The molecule has 9 heteroatoms. The quantitative estimate of drug-likeness (QED) is 0.617. The molecule has 0 spiro atoms. The number of hydrogen-bond acceptors (Lipinski definition) is 5. The molecule has 1 aliphatic heterocycles. The molecule has 4 N–H and O–H groups in total. The summed E-state index contributed by atoms with van der Waals surface area (Å²) >= 11 is 0. The standard InChI is InChI=1S/C10H17N5O3S/c11-9(16)7-15(8-2-1-4-12-6-8)19(17,18)10-3-5-13-14-10/h3,5,8,12H,1-2,4,6-7H2,(H2,11,16)(H,13,14). The van der Waals surface area contributed by atoms with Gasteiger partial charge in [0.05, 0.1) is 12.7 Å². The van der Waals surface area contributed by atoms with Gasteiger partial charge in [-0.1, -0.05) is 0 Å². The molecule has 1 saturated heterocycles. The number of hydrogen-bond donors (Lipinski definition) is 3. The predicted octanol–water partition coefficient (Wildman–Crippen LogP) is -1.36. The fraction of sp³-hybridized carbons (Fsp3) is 0.600. The summed E-state index contributed by atoms with van der Waals surface area (Å²) in [5, 5.41) is 9.14. The first kappa shape index (κ1) is 14.0. The second-order valence-corrected chi connectivity index (χ2v) is 6.30. The normalized spacial score (nSPS) is 20.6. The Morgan fingerprint density at radius 1 is 1.58 bits per heavy atom. The van der Waals surface area contributed by atoms with E-state index in [0.29, 0.717) is 13.0 Å². The summed E-state index contributed by atoms with van der Waals surface area (Å²) in [6.45, 7) is 1.04. The van der Waals surface area contributed by atoms with Gasteiger partial charge < -0.3 is 11.1 Å². The van der Waals surface area contributed by atoms with Crippen LogP contribution in [0.4, 0.5) is 0 Å². The number of nitrogens with zero attached hydrogens (tertiary/aromatic N) is 2. The van der Waals surface area contributed by atoms with Crippen molar-refractivity contribution in [1.82, 2.24) is 19.8 Å². The maximum absolute atomic E-state index is 12.4. The average molecular weight is 287 g/mol. The number of nitrogens with one attached hydrogen (secondary N) is 2. The smallest absolute Gasteiger partial charge is 0.260 e. The van der Waals surface area contributed by atoms with Crippen molar-refractivity contribution in [2.75, 3.05) is 19.6 Å². The van der Waals surface area contributed by atoms with Crippen molar-refractivity contribution in [3.05, 3.63) is 12.3 Å². The first-order valence-electron chi connectivity index (χ1n) is 6.02. The van der Waals surface area contributed by atoms with E-state index in [9.17, 15) is 13.2 Å². The Labute approximate surface area is 111 Å². The van der Waals surface area contributed by atoms with Crippen molar-refractivity contribution >= 4 is 15.9 Å². The van der Waals surface area contributed by atoms with Gasteiger partial charge in [0.15, 0.2) is 5.03 Å². The summed E-state index contributed by atoms with van der Waals surface area (Å²) in [5.74, 6) is -0.673. The van der Waals surface area contributed by atoms with E-state index in [1.165, 1.54) is 12.3 Å². The first-order valence-corrected chi connectivity index (χ1v) is 7.46. The molecule has 0 radical (unpaired) electrons. The molecule has 1 aromatic heterocycles. The Morgan fingerprint density at radius 3 is 2.89 bits per heavy atom. The van der Waals surface area contributed by atoms with Crippen molar-refractivity contribution < 1.29 is 13.2 Å². The highest BCUT2D eigenvalue weighted by molar-refractivity contribution is 7.89. The molecule has 106 valence electrons. The third kappa shape index (κ3) is 3.11. The summed E-state index contributed by atoms with van der Waals surface area (Å²) in [7, 11) is -3.78. The van der Waals surface area contributed by atoms with E-state index in [1.807, 2.05) is 0 Å². The summed E-state index contributed by atoms with van der Waals surface area (Å²) in [6.07, 6.45) is 2.92. The Hall–Kier alpha value is -1.45. The molecule has 0 saturated carbocycles. The number of rotatable bonds is 5. The number of piperidine rings is 1. The molecule has 1 atom stereocenters. The number of carbonyl (C=O) groups excluding carboxylic acids is 1. The predicted molar refractivity (Wildman–Crippen MR) is 67.6 cm³/mol. The highest BCUT2D eigenvalue weighted by Crippen LogP contribution is 2.19. The largest absolute Gasteiger partial charge is 0.369 e. The van der Waals surface area contributed by atoms with Crippen LogP contribution >= 0.6 is 0 Å². The van der Waals surface area contributed by atoms with Crippen LogP contribution in [0.15, 0.2) is 17.3 Å². The molecule has 1 aromatic rings. The van der Waals surface area contributed by atoms with Gasteiger partial charge in [0.2, 0.25) is 5.91 Å². The molecule has 2 heterocycles. The molecule has 8 nitrogen and oxygen atoms in total. The van der Waals surface area contributed by atoms with E-state index in [1.54, 1.807) is 0 Å². The van der Waals surface area contributed by atoms with Crippen LogP contribution in [-0.4, -0.2) is 54.5 Å². The Balaban J connectivity index is 2.28. The number of H-pyrrole nitrogens is 1. The molecular weight excluding hydrogens is 270 g/mol. The second kappa shape index (κ2) is 5.68. The maximum atomic E-state index is 12.4. The summed E-state index contributed by atoms with van der Waals surface area (Å²) in [5.41, 5.74) is 5.16. The van der Waals surface area contributed by atoms with Crippen molar-refractivity contribution in [3.8, 4) is 0 Å². The van der Waals surface area contributed by atoms with E-state index in [-0.39, 0.29) is 17.6 Å². The monoisotopic (exact) mass is 287 g/mol. The Morgan fingerprint density at radius 2 is 2.37 bits per heavy atom. The zero-order valence-corrected chi connectivity index (χ0v) is 11.2. The van der Waals surface area contributed by atoms with Crippen LogP contribution in [0.3, 0.4) is 0 Å². The second-order valence-electron chi connectivity index (χ2n) is 4.44. The maximum Gasteiger partial charge on any atom is 0.260 e. The summed E-state index contributed by atoms with van der Waals surface area (Å²) in [4.78, 5) is 11.1. The lowest BCUT2D eigenvalue weighted by molar-refractivity contribution is -0.118. The lowest BCUT2D eigenvalue weighted by Crippen LogP contribution is -2.51. The van der Waals surface area contributed by atoms with Crippen LogP contribution in [0.5, 0.6) is 0 Å². The van der Waals surface area contributed by atoms with Gasteiger partial charge in [-0.05, 0) is 25.5 Å². The third-order valence-corrected chi connectivity index (χ3v) is 4.88. The van der Waals surface area contributed by atoms with Crippen LogP contribution in [0.2, 0.25) is 0 Å². The van der Waals surface area contributed by atoms with E-state index < -0.39 is 15.9 Å². The molecule has 1 amide bonds. The van der Waals surface area contributed by atoms with Gasteiger partial charge in [0, 0.05) is 12.6 Å². The summed E-state index contributed by atoms with van der Waals surface area (Å²) < 4.78 is 26.0. The van der Waals surface area contributed by atoms with Gasteiger partial charge in [-0.3, -0.25) is 9.89 Å². The highest BCUT2D eigenvalue weighted by atomic mass is 32.2. The van der Waals surface area contributed by atoms with Gasteiger partial charge in [-0.2, -0.15) is 9.40 Å². The molecule has 1 fully saturated rings. The number of sulfonamides is 1. The van der Waals surface area contributed by atoms with E-state index in [2.05, 4.69) is 15.5 Å². The number of primary amides is 1. The Bertz CT molecular complexity index is 521. The van der Waals surface area contributed by atoms with Crippen LogP contribution in [0, 0.1) is 0 Å². The molecule has 0 bridgehead atoms. The van der Waals surface area contributed by atoms with Crippen molar-refractivity contribution in [2.24, 2.45) is 5.73 Å². The minimum Gasteiger partial charge on any atom is -0.369 e. The molecule has 1 aliphatic rings. The van der Waals surface area contributed by atoms with Crippen molar-refractivity contribution in [3.63, 3.8) is 0 Å². The number of aromatic amines is 1. The lowest BCUT2D eigenvalue weighted by Gasteiger charge is -2.32. The molecule has 1 unspecified atom stereocenters. The highest BCUT2D eigenvalue weighted by Gasteiger charge is 2.34. The van der Waals surface area contributed by atoms with Gasteiger partial charge in [0.25, 0.3) is 10.0 Å². The number of aromatic nitrogens is 2. The third-order valence-electron chi connectivity index (χ3n) is 3.05. The van der Waals surface area contributed by atoms with Crippen LogP contribution < -0.4 is 11.1 Å². The van der Waals surface area contributed by atoms with Crippen LogP contribution in [-0.2, 0) is 14.8 Å². The van der Waals surface area contributed by atoms with E-state index in [4.69, 9.17) is 5.73 Å². The van der Waals surface area contributed by atoms with Crippen LogP contribution in [0.1, 0.15) is 12.8 Å².